The summed E-state index contributed by atoms with van der Waals surface area (Å²) in [6.07, 6.45) is -3.73. The number of sulfonamides is 2. The van der Waals surface area contributed by atoms with E-state index in [9.17, 15) is 34.8 Å². The van der Waals surface area contributed by atoms with Crippen LogP contribution in [-0.2, 0) is 36.2 Å². The van der Waals surface area contributed by atoms with Crippen molar-refractivity contribution in [2.45, 2.75) is 35.9 Å². The van der Waals surface area contributed by atoms with Crippen LogP contribution >= 0.6 is 0 Å². The molecule has 10 nitrogen and oxygen atoms in total. The number of carboxylic acid groups (broad SMARTS) is 1. The summed E-state index contributed by atoms with van der Waals surface area (Å²) in [5, 5.41) is 7.12. The van der Waals surface area contributed by atoms with Crippen LogP contribution in [0.5, 0.6) is 5.75 Å². The molecule has 44 heavy (non-hydrogen) atoms. The Morgan fingerprint density at radius 2 is 1.41 bits per heavy atom. The van der Waals surface area contributed by atoms with Gasteiger partial charge in [-0.2, -0.15) is 30.0 Å². The highest BCUT2D eigenvalue weighted by atomic mass is 32.3. The fourth-order valence-corrected chi connectivity index (χ4v) is 9.72. The van der Waals surface area contributed by atoms with Gasteiger partial charge in [-0.25, -0.2) is 4.79 Å². The van der Waals surface area contributed by atoms with Gasteiger partial charge in [0.2, 0.25) is 11.5 Å². The summed E-state index contributed by atoms with van der Waals surface area (Å²) in [5.74, 6) is -2.80. The third-order valence-corrected chi connectivity index (χ3v) is 12.0. The number of nitrogens with zero attached hydrogens (tertiary/aromatic N) is 2. The molecular formula is C29H28F3N2O8S2+. The number of halogens is 3. The largest absolute Gasteiger partial charge is 0.492 e. The number of hydrogen-bond acceptors (Lipinski definition) is 8. The van der Waals surface area contributed by atoms with Gasteiger partial charge in [0.25, 0.3) is 0 Å². The molecule has 0 bridgehead atoms. The Balaban J connectivity index is 0.000000566. The lowest BCUT2D eigenvalue weighted by Crippen LogP contribution is -2.57. The van der Waals surface area contributed by atoms with Gasteiger partial charge < -0.3 is 9.84 Å². The van der Waals surface area contributed by atoms with Gasteiger partial charge in [-0.1, -0.05) is 43.3 Å². The highest BCUT2D eigenvalue weighted by Gasteiger charge is 2.65. The number of aliphatic carboxylic acids is 1. The van der Waals surface area contributed by atoms with Crippen molar-refractivity contribution in [3.05, 3.63) is 89.6 Å². The molecule has 2 aliphatic heterocycles. The molecule has 0 aromatic heterocycles. The van der Waals surface area contributed by atoms with Crippen LogP contribution in [0.3, 0.4) is 0 Å². The van der Waals surface area contributed by atoms with Gasteiger partial charge in [0.15, 0.2) is 5.69 Å². The van der Waals surface area contributed by atoms with E-state index in [1.54, 1.807) is 25.1 Å². The second-order valence-electron chi connectivity index (χ2n) is 9.80. The predicted octanol–water partition coefficient (Wildman–Crippen LogP) is 4.56. The zero-order chi connectivity index (χ0) is 32.5. The van der Waals surface area contributed by atoms with Crippen molar-refractivity contribution in [3.63, 3.8) is 0 Å². The van der Waals surface area contributed by atoms with E-state index < -0.39 is 41.3 Å². The average Bonchev–Trinajstić information content (AvgIpc) is 3.25. The third-order valence-electron chi connectivity index (χ3n) is 6.97. The summed E-state index contributed by atoms with van der Waals surface area (Å²) in [7, 11) is -7.63. The summed E-state index contributed by atoms with van der Waals surface area (Å²) in [6.45, 7) is 3.05. The first-order valence-corrected chi connectivity index (χ1v) is 16.0. The van der Waals surface area contributed by atoms with E-state index in [2.05, 4.69) is 0 Å². The van der Waals surface area contributed by atoms with Crippen LogP contribution in [0, 0.1) is 0 Å². The zero-order valence-electron chi connectivity index (χ0n) is 23.5. The van der Waals surface area contributed by atoms with Crippen LogP contribution in [0.15, 0.2) is 88.3 Å². The minimum absolute atomic E-state index is 0.0119. The molecule has 2 aliphatic rings. The summed E-state index contributed by atoms with van der Waals surface area (Å²) < 4.78 is 94.5. The van der Waals surface area contributed by atoms with Gasteiger partial charge in [0.1, 0.15) is 22.1 Å². The van der Waals surface area contributed by atoms with Crippen LogP contribution in [0.4, 0.5) is 18.9 Å². The van der Waals surface area contributed by atoms with Gasteiger partial charge in [-0.3, -0.25) is 9.69 Å². The lowest BCUT2D eigenvalue weighted by atomic mass is 10.0. The Morgan fingerprint density at radius 3 is 1.86 bits per heavy atom. The number of carboxylic acids is 1. The van der Waals surface area contributed by atoms with Crippen LogP contribution in [0.25, 0.3) is 6.08 Å². The smallest absolute Gasteiger partial charge is 0.490 e. The van der Waals surface area contributed by atoms with E-state index in [1.165, 1.54) is 60.7 Å². The Hall–Kier alpha value is -4.05. The summed E-state index contributed by atoms with van der Waals surface area (Å²) in [4.78, 5) is 24.0. The molecule has 0 atom stereocenters. The zero-order valence-corrected chi connectivity index (χ0v) is 25.1. The van der Waals surface area contributed by atoms with Crippen molar-refractivity contribution in [1.29, 1.82) is 0 Å². The molecule has 1 N–H and O–H groups in total. The minimum atomic E-state index is -5.08. The van der Waals surface area contributed by atoms with Gasteiger partial charge in [-0.15, -0.1) is 0 Å². The minimum Gasteiger partial charge on any atom is -0.492 e. The second-order valence-corrected chi connectivity index (χ2v) is 14.0. The molecule has 0 spiro atoms. The van der Waals surface area contributed by atoms with Crippen molar-refractivity contribution in [1.82, 2.24) is 8.19 Å². The highest BCUT2D eigenvalue weighted by Crippen LogP contribution is 2.53. The first-order chi connectivity index (χ1) is 20.6. The number of rotatable bonds is 6. The number of allylic oxidation sites excluding steroid dienone is 1. The Morgan fingerprint density at radius 1 is 0.909 bits per heavy atom. The number of fused-ring (bicyclic) bond motifs is 3. The first-order valence-electron chi connectivity index (χ1n) is 13.1. The normalized spacial score (nSPS) is 16.2. The van der Waals surface area contributed by atoms with Crippen molar-refractivity contribution in [3.8, 4) is 5.75 Å². The summed E-state index contributed by atoms with van der Waals surface area (Å²) >= 11 is 0. The van der Waals surface area contributed by atoms with Crippen molar-refractivity contribution in [2.24, 2.45) is 0 Å². The van der Waals surface area contributed by atoms with E-state index >= 15 is 0 Å². The number of ether oxygens (including phenoxy) is 1. The topological polar surface area (TPSA) is 135 Å². The number of hydrogen-bond donors (Lipinski definition) is 1. The number of ketones is 1. The van der Waals surface area contributed by atoms with Crippen LogP contribution in [0.2, 0.25) is 0 Å². The summed E-state index contributed by atoms with van der Waals surface area (Å²) in [6, 6.07) is 17.9. The Bertz CT molecular complexity index is 1760. The van der Waals surface area contributed by atoms with Gasteiger partial charge >= 0.3 is 32.2 Å². The molecule has 0 radical (unpaired) electrons. The third kappa shape index (κ3) is 5.51. The maximum atomic E-state index is 14.6. The van der Waals surface area contributed by atoms with Crippen molar-refractivity contribution < 1.29 is 49.4 Å². The van der Waals surface area contributed by atoms with E-state index in [0.29, 0.717) is 36.6 Å². The van der Waals surface area contributed by atoms with Crippen molar-refractivity contribution >= 4 is 43.6 Å². The molecule has 0 saturated heterocycles. The number of carbonyl (C=O) groups is 2. The molecule has 3 aromatic rings. The average molecular weight is 654 g/mol. The number of Topliss-reactive ketones (excluding diaryl/α,β-unsaturated/α-hetero) is 1. The van der Waals surface area contributed by atoms with Crippen LogP contribution in [-0.4, -0.2) is 65.0 Å². The van der Waals surface area contributed by atoms with Crippen LogP contribution < -0.4 is 8.03 Å². The molecule has 5 rings (SSSR count). The molecular weight excluding hydrogens is 625 g/mol. The maximum Gasteiger partial charge on any atom is 0.490 e. The number of likely N-dealkylation sites (N-methyl/N-ethyl adjacent to an activating group) is 1. The molecule has 2 heterocycles. The van der Waals surface area contributed by atoms with Gasteiger partial charge in [0.05, 0.1) is 5.56 Å². The quantitative estimate of drug-likeness (QED) is 0.380. The highest BCUT2D eigenvalue weighted by molar-refractivity contribution is 8.07. The Labute approximate surface area is 252 Å². The lowest BCUT2D eigenvalue weighted by Gasteiger charge is -2.33. The number of alkyl halides is 3. The molecule has 0 saturated carbocycles. The maximum absolute atomic E-state index is 14.6. The molecule has 234 valence electrons. The molecule has 0 aliphatic carbocycles. The molecule has 3 aromatic carbocycles. The van der Waals surface area contributed by atoms with Crippen LogP contribution in [0.1, 0.15) is 24.5 Å². The van der Waals surface area contributed by atoms with Gasteiger partial charge in [-0.05, 0) is 40.7 Å². The Kier molecular flexibility index (Phi) is 9.07. The van der Waals surface area contributed by atoms with E-state index in [1.807, 2.05) is 11.9 Å². The fourth-order valence-electron chi connectivity index (χ4n) is 4.91. The van der Waals surface area contributed by atoms with Gasteiger partial charge in [0, 0.05) is 37.2 Å². The predicted molar refractivity (Wildman–Crippen MR) is 154 cm³/mol. The number of carbonyl (C=O) groups excluding carboxylic acids is 1. The first kappa shape index (κ1) is 32.9. The van der Waals surface area contributed by atoms with Crippen molar-refractivity contribution in [2.75, 3.05) is 20.2 Å². The standard InChI is InChI=1S/C27H27N2O6S2.C2HF3O2/c1-3-26(30)25-18-22-23-19-28(2)16-17-35-27(23)15-14-24(22)29(25,36(31,32)20-10-6-4-7-11-20)37(33,34)21-12-8-5-9-13-21;3-2(4,5)1(6)7/h4-15,18H,3,16-17,19H2,1-2H3;(H,6,7)/q+1;. The van der Waals surface area contributed by atoms with E-state index in [4.69, 9.17) is 14.6 Å². The number of quaternary nitrogens is 1. The van der Waals surface area contributed by atoms with E-state index in [-0.39, 0.29) is 27.6 Å². The SMILES string of the molecule is CCC(=O)C1=Cc2c(ccc3c2CN(C)CCO3)[N+]1(S(=O)(=O)c1ccccc1)S(=O)(=O)c1ccccc1.O=C(O)C(F)(F)F. The fraction of sp³-hybridized carbons (Fsp3) is 0.241. The van der Waals surface area contributed by atoms with E-state index in [0.717, 1.165) is 0 Å². The number of benzene rings is 3. The molecule has 0 unspecified atom stereocenters. The lowest BCUT2D eigenvalue weighted by molar-refractivity contribution is -0.192. The molecule has 0 amide bonds. The second kappa shape index (κ2) is 12.1. The summed E-state index contributed by atoms with van der Waals surface area (Å²) in [5.41, 5.74) is 0.681. The monoisotopic (exact) mass is 653 g/mol. The molecule has 0 fully saturated rings. The molecule has 15 heteroatoms.